The van der Waals surface area contributed by atoms with Crippen molar-refractivity contribution in [1.82, 2.24) is 10.2 Å². The summed E-state index contributed by atoms with van der Waals surface area (Å²) in [6, 6.07) is 0.0993. The van der Waals surface area contributed by atoms with Crippen LogP contribution in [0.2, 0.25) is 0 Å². The monoisotopic (exact) mass is 256 g/mol. The average molecular weight is 256 g/mol. The molecule has 18 heavy (non-hydrogen) atoms. The normalized spacial score (nSPS) is 26.5. The van der Waals surface area contributed by atoms with Crippen LogP contribution in [0.5, 0.6) is 0 Å². The first-order chi connectivity index (χ1) is 8.58. The maximum Gasteiger partial charge on any atom is 0.306 e. The molecule has 2 atom stereocenters. The number of carboxylic acids is 1. The smallest absolute Gasteiger partial charge is 0.306 e. The van der Waals surface area contributed by atoms with Crippen molar-refractivity contribution in [3.8, 4) is 0 Å². The van der Waals surface area contributed by atoms with Crippen LogP contribution in [0.4, 0.5) is 0 Å². The van der Waals surface area contributed by atoms with E-state index < -0.39 is 5.97 Å². The molecule has 2 saturated heterocycles. The second-order valence-electron chi connectivity index (χ2n) is 5.12. The number of nitrogens with one attached hydrogen (secondary N) is 1. The molecule has 1 amide bonds. The van der Waals surface area contributed by atoms with Gasteiger partial charge in [0, 0.05) is 38.0 Å². The van der Waals surface area contributed by atoms with Crippen molar-refractivity contribution >= 4 is 11.9 Å². The molecule has 0 aromatic heterocycles. The van der Waals surface area contributed by atoms with Gasteiger partial charge in [-0.1, -0.05) is 6.92 Å². The van der Waals surface area contributed by atoms with Crippen LogP contribution >= 0.6 is 0 Å². The molecule has 0 aromatic carbocycles. The number of hydrogen-bond donors (Lipinski definition) is 2. The number of carbonyl (C=O) groups excluding carboxylic acids is 1. The molecule has 6 heteroatoms. The summed E-state index contributed by atoms with van der Waals surface area (Å²) in [4.78, 5) is 24.4. The molecule has 6 nitrogen and oxygen atoms in total. The predicted octanol–water partition coefficient (Wildman–Crippen LogP) is -0.456. The Hall–Kier alpha value is -1.14. The number of nitrogens with zero attached hydrogens (tertiary/aromatic N) is 1. The van der Waals surface area contributed by atoms with Crippen molar-refractivity contribution < 1.29 is 19.4 Å². The van der Waals surface area contributed by atoms with E-state index in [1.807, 2.05) is 0 Å². The van der Waals surface area contributed by atoms with Gasteiger partial charge in [0.1, 0.15) is 0 Å². The lowest BCUT2D eigenvalue weighted by Gasteiger charge is -2.42. The van der Waals surface area contributed by atoms with Crippen molar-refractivity contribution in [2.75, 3.05) is 32.8 Å². The highest BCUT2D eigenvalue weighted by atomic mass is 16.5. The zero-order valence-electron chi connectivity index (χ0n) is 10.6. The quantitative estimate of drug-likeness (QED) is 0.712. The van der Waals surface area contributed by atoms with E-state index in [9.17, 15) is 9.59 Å². The van der Waals surface area contributed by atoms with Gasteiger partial charge >= 0.3 is 5.97 Å². The van der Waals surface area contributed by atoms with Crippen molar-refractivity contribution in [2.45, 2.75) is 19.4 Å². The van der Waals surface area contributed by atoms with Gasteiger partial charge in [-0.05, 0) is 0 Å². The van der Waals surface area contributed by atoms with Gasteiger partial charge in [-0.3, -0.25) is 9.59 Å². The van der Waals surface area contributed by atoms with Gasteiger partial charge in [0.2, 0.25) is 5.91 Å². The number of aliphatic carboxylic acids is 1. The first-order valence-electron chi connectivity index (χ1n) is 6.39. The molecule has 2 aliphatic rings. The highest BCUT2D eigenvalue weighted by Crippen LogP contribution is 2.24. The van der Waals surface area contributed by atoms with Crippen molar-refractivity contribution in [2.24, 2.45) is 11.8 Å². The standard InChI is InChI=1S/C12H20N2O4/c1-8(12(16)17)9-5-14(6-9)11(15)4-10-7-18-3-2-13-10/h8-10,13H,2-7H2,1H3,(H,16,17). The van der Waals surface area contributed by atoms with E-state index in [2.05, 4.69) is 5.32 Å². The predicted molar refractivity (Wildman–Crippen MR) is 64.1 cm³/mol. The minimum absolute atomic E-state index is 0.0897. The first-order valence-corrected chi connectivity index (χ1v) is 6.39. The molecule has 102 valence electrons. The summed E-state index contributed by atoms with van der Waals surface area (Å²) in [6.45, 7) is 4.91. The molecular weight excluding hydrogens is 236 g/mol. The van der Waals surface area contributed by atoms with Crippen LogP contribution in [-0.4, -0.2) is 60.8 Å². The van der Waals surface area contributed by atoms with E-state index in [0.29, 0.717) is 32.7 Å². The second-order valence-corrected chi connectivity index (χ2v) is 5.12. The van der Waals surface area contributed by atoms with Crippen LogP contribution < -0.4 is 5.32 Å². The second kappa shape index (κ2) is 5.67. The number of ether oxygens (including phenoxy) is 1. The molecule has 2 N–H and O–H groups in total. The molecule has 2 fully saturated rings. The van der Waals surface area contributed by atoms with Crippen LogP contribution in [0.15, 0.2) is 0 Å². The van der Waals surface area contributed by atoms with Crippen molar-refractivity contribution in [3.63, 3.8) is 0 Å². The Kier molecular flexibility index (Phi) is 4.19. The van der Waals surface area contributed by atoms with Gasteiger partial charge in [-0.2, -0.15) is 0 Å². The van der Waals surface area contributed by atoms with Gasteiger partial charge in [0.15, 0.2) is 0 Å². The van der Waals surface area contributed by atoms with Crippen molar-refractivity contribution in [1.29, 1.82) is 0 Å². The molecule has 0 radical (unpaired) electrons. The summed E-state index contributed by atoms with van der Waals surface area (Å²) in [5.74, 6) is -0.964. The Bertz CT molecular complexity index is 322. The third-order valence-corrected chi connectivity index (χ3v) is 3.78. The molecule has 0 aromatic rings. The van der Waals surface area contributed by atoms with E-state index >= 15 is 0 Å². The number of carboxylic acid groups (broad SMARTS) is 1. The number of hydrogen-bond acceptors (Lipinski definition) is 4. The lowest BCUT2D eigenvalue weighted by atomic mass is 9.86. The van der Waals surface area contributed by atoms with Gasteiger partial charge in [0.05, 0.1) is 19.1 Å². The molecule has 2 aliphatic heterocycles. The molecule has 0 aliphatic carbocycles. The van der Waals surface area contributed by atoms with Crippen molar-refractivity contribution in [3.05, 3.63) is 0 Å². The summed E-state index contributed by atoms with van der Waals surface area (Å²) >= 11 is 0. The van der Waals surface area contributed by atoms with Gasteiger partial charge in [-0.25, -0.2) is 0 Å². The summed E-state index contributed by atoms with van der Waals surface area (Å²) in [5.41, 5.74) is 0. The maximum atomic E-state index is 11.9. The van der Waals surface area contributed by atoms with E-state index in [4.69, 9.17) is 9.84 Å². The Balaban J connectivity index is 1.71. The van der Waals surface area contributed by atoms with Crippen LogP contribution in [0, 0.1) is 11.8 Å². The molecule has 0 spiro atoms. The third kappa shape index (κ3) is 3.00. The van der Waals surface area contributed by atoms with E-state index in [-0.39, 0.29) is 23.8 Å². The fourth-order valence-corrected chi connectivity index (χ4v) is 2.32. The minimum Gasteiger partial charge on any atom is -0.481 e. The molecule has 0 bridgehead atoms. The Morgan fingerprint density at radius 3 is 2.78 bits per heavy atom. The largest absolute Gasteiger partial charge is 0.481 e. The number of rotatable bonds is 4. The fraction of sp³-hybridized carbons (Fsp3) is 0.833. The number of carbonyl (C=O) groups is 2. The van der Waals surface area contributed by atoms with E-state index in [1.165, 1.54) is 0 Å². The average Bonchev–Trinajstić information content (AvgIpc) is 2.28. The fourth-order valence-electron chi connectivity index (χ4n) is 2.32. The molecule has 2 heterocycles. The van der Waals surface area contributed by atoms with E-state index in [0.717, 1.165) is 6.54 Å². The minimum atomic E-state index is -0.783. The Morgan fingerprint density at radius 2 is 2.22 bits per heavy atom. The van der Waals surface area contributed by atoms with E-state index in [1.54, 1.807) is 11.8 Å². The Morgan fingerprint density at radius 1 is 1.50 bits per heavy atom. The summed E-state index contributed by atoms with van der Waals surface area (Å²) < 4.78 is 5.29. The maximum absolute atomic E-state index is 11.9. The van der Waals surface area contributed by atoms with Gasteiger partial charge < -0.3 is 20.1 Å². The highest BCUT2D eigenvalue weighted by Gasteiger charge is 2.37. The zero-order chi connectivity index (χ0) is 13.1. The highest BCUT2D eigenvalue weighted by molar-refractivity contribution is 5.78. The number of amides is 1. The summed E-state index contributed by atoms with van der Waals surface area (Å²) in [6.07, 6.45) is 0.439. The summed E-state index contributed by atoms with van der Waals surface area (Å²) in [5, 5.41) is 12.1. The van der Waals surface area contributed by atoms with Crippen LogP contribution in [0.25, 0.3) is 0 Å². The number of likely N-dealkylation sites (tertiary alicyclic amines) is 1. The SMILES string of the molecule is CC(C(=O)O)C1CN(C(=O)CC2COCCN2)C1. The summed E-state index contributed by atoms with van der Waals surface area (Å²) in [7, 11) is 0. The zero-order valence-corrected chi connectivity index (χ0v) is 10.6. The van der Waals surface area contributed by atoms with Gasteiger partial charge in [-0.15, -0.1) is 0 Å². The Labute approximate surface area is 106 Å². The van der Waals surface area contributed by atoms with Crippen LogP contribution in [-0.2, 0) is 14.3 Å². The van der Waals surface area contributed by atoms with Crippen LogP contribution in [0.1, 0.15) is 13.3 Å². The molecular formula is C12H20N2O4. The first kappa shape index (κ1) is 13.3. The lowest BCUT2D eigenvalue weighted by Crippen LogP contribution is -2.55. The lowest BCUT2D eigenvalue weighted by molar-refractivity contribution is -0.151. The van der Waals surface area contributed by atoms with Crippen LogP contribution in [0.3, 0.4) is 0 Å². The molecule has 2 rings (SSSR count). The molecule has 2 unspecified atom stereocenters. The van der Waals surface area contributed by atoms with Gasteiger partial charge in [0.25, 0.3) is 0 Å². The molecule has 0 saturated carbocycles. The number of morpholine rings is 1. The third-order valence-electron chi connectivity index (χ3n) is 3.78. The topological polar surface area (TPSA) is 78.9 Å².